The van der Waals surface area contributed by atoms with Gasteiger partial charge in [0.1, 0.15) is 12.4 Å². The number of benzene rings is 3. The first-order chi connectivity index (χ1) is 18.7. The highest BCUT2D eigenvalue weighted by Gasteiger charge is 2.26. The number of aryl methyl sites for hydroxylation is 1. The number of hydrogen-bond acceptors (Lipinski definition) is 3. The molecule has 1 atom stereocenters. The minimum Gasteiger partial charge on any atom is -0.491 e. The monoisotopic (exact) mass is 512 g/mol. The van der Waals surface area contributed by atoms with Crippen molar-refractivity contribution >= 4 is 11.8 Å². The van der Waals surface area contributed by atoms with Crippen LogP contribution in [0, 0.1) is 0 Å². The molecule has 0 spiro atoms. The van der Waals surface area contributed by atoms with Gasteiger partial charge in [-0.1, -0.05) is 85.6 Å². The molecule has 0 aromatic heterocycles. The number of carbonyl (C=O) groups excluding carboxylic acids is 2. The minimum absolute atomic E-state index is 0.00978. The first-order valence-corrected chi connectivity index (χ1v) is 14.0. The average Bonchev–Trinajstić information content (AvgIpc) is 2.96. The van der Waals surface area contributed by atoms with Crippen molar-refractivity contribution in [3.8, 4) is 5.75 Å². The lowest BCUT2D eigenvalue weighted by Gasteiger charge is -2.33. The predicted octanol–water partition coefficient (Wildman–Crippen LogP) is 6.17. The molecular formula is C33H40N2O3. The Morgan fingerprint density at radius 3 is 2.16 bits per heavy atom. The van der Waals surface area contributed by atoms with Gasteiger partial charge >= 0.3 is 0 Å². The number of amides is 2. The summed E-state index contributed by atoms with van der Waals surface area (Å²) in [5.74, 6) is 0.755. The number of para-hydroxylation sites is 1. The van der Waals surface area contributed by atoms with E-state index in [2.05, 4.69) is 24.3 Å². The molecule has 0 saturated carbocycles. The Bertz CT molecular complexity index is 1150. The number of carbonyl (C=O) groups is 2. The van der Waals surface area contributed by atoms with Crippen molar-refractivity contribution < 1.29 is 14.3 Å². The zero-order valence-corrected chi connectivity index (χ0v) is 22.6. The molecule has 0 radical (unpaired) electrons. The van der Waals surface area contributed by atoms with Gasteiger partial charge in [-0.05, 0) is 55.9 Å². The maximum Gasteiger partial charge on any atom is 0.257 e. The highest BCUT2D eigenvalue weighted by atomic mass is 16.5. The maximum atomic E-state index is 13.7. The smallest absolute Gasteiger partial charge is 0.257 e. The molecular weight excluding hydrogens is 472 g/mol. The van der Waals surface area contributed by atoms with Crippen molar-refractivity contribution in [1.82, 2.24) is 9.80 Å². The predicted molar refractivity (Wildman–Crippen MR) is 152 cm³/mol. The number of rotatable bonds is 6. The molecule has 38 heavy (non-hydrogen) atoms. The second kappa shape index (κ2) is 14.4. The molecule has 5 heteroatoms. The second-order valence-electron chi connectivity index (χ2n) is 10.0. The third-order valence-corrected chi connectivity index (χ3v) is 7.34. The van der Waals surface area contributed by atoms with Crippen LogP contribution in [-0.4, -0.2) is 53.9 Å². The lowest BCUT2D eigenvalue weighted by molar-refractivity contribution is -0.134. The molecule has 200 valence electrons. The molecule has 5 nitrogen and oxygen atoms in total. The van der Waals surface area contributed by atoms with E-state index in [4.69, 9.17) is 4.74 Å². The summed E-state index contributed by atoms with van der Waals surface area (Å²) in [6.07, 6.45) is 5.86. The van der Waals surface area contributed by atoms with Crippen LogP contribution in [0.5, 0.6) is 5.75 Å². The number of ether oxygens (including phenoxy) is 1. The van der Waals surface area contributed by atoms with Gasteiger partial charge in [0.25, 0.3) is 5.91 Å². The molecule has 2 amide bonds. The number of nitrogens with zero attached hydrogens (tertiary/aromatic N) is 2. The summed E-state index contributed by atoms with van der Waals surface area (Å²) in [5, 5.41) is 0. The molecule has 0 aliphatic carbocycles. The van der Waals surface area contributed by atoms with Crippen molar-refractivity contribution in [2.24, 2.45) is 0 Å². The van der Waals surface area contributed by atoms with Crippen molar-refractivity contribution in [2.45, 2.75) is 57.9 Å². The Labute approximate surface area is 227 Å². The van der Waals surface area contributed by atoms with Gasteiger partial charge in [0.15, 0.2) is 0 Å². The highest BCUT2D eigenvalue weighted by molar-refractivity contribution is 5.96. The van der Waals surface area contributed by atoms with Gasteiger partial charge in [-0.25, -0.2) is 0 Å². The molecule has 3 aromatic carbocycles. The molecule has 3 aromatic rings. The molecule has 0 bridgehead atoms. The molecule has 1 heterocycles. The van der Waals surface area contributed by atoms with Crippen molar-refractivity contribution in [1.29, 1.82) is 0 Å². The SMILES string of the molecule is CCN1CCCCCCN(C(=O)CCc2ccccc2)[C@@H](Cc2ccccc2)COc2ccccc2C1=O. The van der Waals surface area contributed by atoms with E-state index in [1.54, 1.807) is 0 Å². The standard InChI is InChI=1S/C33H40N2O3/c1-2-34-23-13-3-4-14-24-35(32(36)22-21-27-15-7-5-8-16-27)29(25-28-17-9-6-10-18-28)26-38-31-20-12-11-19-30(31)33(34)37/h5-12,15-20,29H,2-4,13-14,21-26H2,1H3/t29-/m0/s1. The lowest BCUT2D eigenvalue weighted by Crippen LogP contribution is -2.46. The summed E-state index contributed by atoms with van der Waals surface area (Å²) >= 11 is 0. The maximum absolute atomic E-state index is 13.7. The summed E-state index contributed by atoms with van der Waals surface area (Å²) in [6.45, 7) is 4.49. The highest BCUT2D eigenvalue weighted by Crippen LogP contribution is 2.23. The Morgan fingerprint density at radius 1 is 0.816 bits per heavy atom. The second-order valence-corrected chi connectivity index (χ2v) is 10.0. The van der Waals surface area contributed by atoms with Gasteiger partial charge in [-0.15, -0.1) is 0 Å². The largest absolute Gasteiger partial charge is 0.491 e. The summed E-state index contributed by atoms with van der Waals surface area (Å²) in [6, 6.07) is 27.9. The van der Waals surface area contributed by atoms with E-state index >= 15 is 0 Å². The van der Waals surface area contributed by atoms with Gasteiger partial charge in [0, 0.05) is 26.1 Å². The van der Waals surface area contributed by atoms with Crippen LogP contribution in [0.1, 0.15) is 60.5 Å². The van der Waals surface area contributed by atoms with Crippen molar-refractivity contribution in [3.05, 3.63) is 102 Å². The van der Waals surface area contributed by atoms with Crippen LogP contribution in [0.2, 0.25) is 0 Å². The van der Waals surface area contributed by atoms with E-state index in [0.29, 0.717) is 43.9 Å². The third kappa shape index (κ3) is 7.70. The van der Waals surface area contributed by atoms with Crippen LogP contribution in [0.15, 0.2) is 84.9 Å². The first kappa shape index (κ1) is 27.4. The van der Waals surface area contributed by atoms with Gasteiger partial charge in [-0.2, -0.15) is 0 Å². The molecule has 4 rings (SSSR count). The van der Waals surface area contributed by atoms with E-state index in [1.807, 2.05) is 77.4 Å². The topological polar surface area (TPSA) is 49.9 Å². The summed E-state index contributed by atoms with van der Waals surface area (Å²) in [4.78, 5) is 31.0. The fraction of sp³-hybridized carbons (Fsp3) is 0.394. The van der Waals surface area contributed by atoms with Gasteiger partial charge in [0.05, 0.1) is 11.6 Å². The van der Waals surface area contributed by atoms with Crippen molar-refractivity contribution in [2.75, 3.05) is 26.2 Å². The lowest BCUT2D eigenvalue weighted by atomic mass is 10.0. The molecule has 1 aliphatic heterocycles. The molecule has 0 N–H and O–H groups in total. The van der Waals surface area contributed by atoms with E-state index in [9.17, 15) is 9.59 Å². The van der Waals surface area contributed by atoms with Crippen LogP contribution >= 0.6 is 0 Å². The Morgan fingerprint density at radius 2 is 1.45 bits per heavy atom. The summed E-state index contributed by atoms with van der Waals surface area (Å²) in [5.41, 5.74) is 2.93. The van der Waals surface area contributed by atoms with Crippen LogP contribution in [-0.2, 0) is 17.6 Å². The Kier molecular flexibility index (Phi) is 10.4. The fourth-order valence-corrected chi connectivity index (χ4v) is 5.16. The van der Waals surface area contributed by atoms with Gasteiger partial charge in [-0.3, -0.25) is 9.59 Å². The van der Waals surface area contributed by atoms with E-state index in [-0.39, 0.29) is 17.9 Å². The van der Waals surface area contributed by atoms with Crippen molar-refractivity contribution in [3.63, 3.8) is 0 Å². The van der Waals surface area contributed by atoms with Crippen LogP contribution in [0.25, 0.3) is 0 Å². The molecule has 0 saturated heterocycles. The van der Waals surface area contributed by atoms with Gasteiger partial charge in [0.2, 0.25) is 5.91 Å². The zero-order valence-electron chi connectivity index (χ0n) is 22.6. The van der Waals surface area contributed by atoms with Gasteiger partial charge < -0.3 is 14.5 Å². The quantitative estimate of drug-likeness (QED) is 0.397. The zero-order chi connectivity index (χ0) is 26.6. The third-order valence-electron chi connectivity index (χ3n) is 7.34. The number of hydrogen-bond donors (Lipinski definition) is 0. The average molecular weight is 513 g/mol. The van der Waals surface area contributed by atoms with E-state index in [1.165, 1.54) is 11.1 Å². The van der Waals surface area contributed by atoms with E-state index in [0.717, 1.165) is 38.6 Å². The Hall–Kier alpha value is -3.60. The fourth-order valence-electron chi connectivity index (χ4n) is 5.16. The molecule has 0 unspecified atom stereocenters. The molecule has 1 aliphatic rings. The van der Waals surface area contributed by atoms with Crippen LogP contribution in [0.4, 0.5) is 0 Å². The summed E-state index contributed by atoms with van der Waals surface area (Å²) < 4.78 is 6.38. The minimum atomic E-state index is -0.131. The number of fused-ring (bicyclic) bond motifs is 1. The van der Waals surface area contributed by atoms with Crippen LogP contribution in [0.3, 0.4) is 0 Å². The van der Waals surface area contributed by atoms with E-state index < -0.39 is 0 Å². The first-order valence-electron chi connectivity index (χ1n) is 14.0. The summed E-state index contributed by atoms with van der Waals surface area (Å²) in [7, 11) is 0. The molecule has 0 fully saturated rings. The Balaban J connectivity index is 1.60. The van der Waals surface area contributed by atoms with Crippen LogP contribution < -0.4 is 4.74 Å². The normalized spacial score (nSPS) is 17.3.